The van der Waals surface area contributed by atoms with Crippen LogP contribution in [-0.4, -0.2) is 98.5 Å². The molecule has 0 atom stereocenters. The third-order valence-electron chi connectivity index (χ3n) is 6.48. The Kier molecular flexibility index (Phi) is 9.54. The fraction of sp³-hybridized carbons (Fsp3) is 0.500. The molecule has 2 aromatic carbocycles. The summed E-state index contributed by atoms with van der Waals surface area (Å²) in [5.74, 6) is 0.211. The van der Waals surface area contributed by atoms with Crippen LogP contribution in [0.4, 0.5) is 11.4 Å². The van der Waals surface area contributed by atoms with Crippen molar-refractivity contribution in [2.75, 3.05) is 84.5 Å². The lowest BCUT2D eigenvalue weighted by atomic mass is 10.1. The Hall–Kier alpha value is -2.61. The predicted molar refractivity (Wildman–Crippen MR) is 137 cm³/mol. The number of hydrogen-bond acceptors (Lipinski definition) is 6. The quantitative estimate of drug-likeness (QED) is 0.672. The molecule has 0 aromatic heterocycles. The molecule has 4 N–H and O–H groups in total. The van der Waals surface area contributed by atoms with Gasteiger partial charge in [-0.15, -0.1) is 0 Å². The van der Waals surface area contributed by atoms with E-state index in [1.165, 1.54) is 31.7 Å². The highest BCUT2D eigenvalue weighted by molar-refractivity contribution is 5.79. The van der Waals surface area contributed by atoms with Crippen molar-refractivity contribution >= 4 is 17.3 Å². The zero-order valence-electron chi connectivity index (χ0n) is 20.2. The minimum Gasteiger partial charge on any atom is -0.399 e. The van der Waals surface area contributed by atoms with Gasteiger partial charge in [-0.25, -0.2) is 0 Å². The smallest absolute Gasteiger partial charge is 0.227 e. The highest BCUT2D eigenvalue weighted by Crippen LogP contribution is 2.09. The van der Waals surface area contributed by atoms with Crippen molar-refractivity contribution in [2.24, 2.45) is 0 Å². The summed E-state index contributed by atoms with van der Waals surface area (Å²) in [5.41, 5.74) is 15.3. The number of likely N-dealkylation sites (N-methyl/N-ethyl adjacent to an activating group) is 2. The van der Waals surface area contributed by atoms with Crippen LogP contribution in [0.25, 0.3) is 0 Å². The van der Waals surface area contributed by atoms with Crippen molar-refractivity contribution in [1.82, 2.24) is 19.6 Å². The average molecular weight is 453 g/mol. The largest absolute Gasteiger partial charge is 0.399 e. The third-order valence-corrected chi connectivity index (χ3v) is 6.48. The van der Waals surface area contributed by atoms with Crippen molar-refractivity contribution < 1.29 is 4.79 Å². The molecule has 0 bridgehead atoms. The van der Waals surface area contributed by atoms with E-state index in [1.54, 1.807) is 0 Å². The van der Waals surface area contributed by atoms with E-state index in [2.05, 4.69) is 40.9 Å². The van der Waals surface area contributed by atoms with E-state index in [9.17, 15) is 4.79 Å². The monoisotopic (exact) mass is 452 g/mol. The summed E-state index contributed by atoms with van der Waals surface area (Å²) in [7, 11) is 4.28. The van der Waals surface area contributed by atoms with Crippen molar-refractivity contribution in [3.05, 3.63) is 59.7 Å². The molecule has 2 aliphatic rings. The molecule has 4 rings (SSSR count). The SMILES string of the molecule is CN1CCN(C(=O)Cc2ccc(N)cc2)CC1.CN1CCN(CCc2ccc(N)cc2)CC1. The summed E-state index contributed by atoms with van der Waals surface area (Å²) >= 11 is 0. The minimum atomic E-state index is 0.211. The number of amides is 1. The van der Waals surface area contributed by atoms with Gasteiger partial charge in [-0.05, 0) is 55.9 Å². The normalized spacial score (nSPS) is 17.9. The van der Waals surface area contributed by atoms with E-state index in [1.807, 2.05) is 41.3 Å². The van der Waals surface area contributed by atoms with Crippen LogP contribution in [0.15, 0.2) is 48.5 Å². The molecule has 2 aromatic rings. The average Bonchev–Trinajstić information content (AvgIpc) is 2.82. The second-order valence-corrected chi connectivity index (χ2v) is 9.24. The number of nitrogens with two attached hydrogens (primary N) is 2. The summed E-state index contributed by atoms with van der Waals surface area (Å²) in [4.78, 5) is 21.1. The first-order valence-electron chi connectivity index (χ1n) is 11.9. The van der Waals surface area contributed by atoms with E-state index in [4.69, 9.17) is 11.5 Å². The van der Waals surface area contributed by atoms with Gasteiger partial charge in [-0.2, -0.15) is 0 Å². The van der Waals surface area contributed by atoms with Gasteiger partial charge in [0.05, 0.1) is 6.42 Å². The van der Waals surface area contributed by atoms with Crippen LogP contribution in [0.2, 0.25) is 0 Å². The summed E-state index contributed by atoms with van der Waals surface area (Å²) in [5, 5.41) is 0. The Morgan fingerprint density at radius 1 is 0.697 bits per heavy atom. The van der Waals surface area contributed by atoms with Gasteiger partial charge < -0.3 is 31.1 Å². The van der Waals surface area contributed by atoms with E-state index in [-0.39, 0.29) is 5.91 Å². The lowest BCUT2D eigenvalue weighted by Crippen LogP contribution is -2.47. The molecular weight excluding hydrogens is 412 g/mol. The van der Waals surface area contributed by atoms with Crippen molar-refractivity contribution in [1.29, 1.82) is 0 Å². The van der Waals surface area contributed by atoms with Gasteiger partial charge in [-0.1, -0.05) is 24.3 Å². The standard InChI is InChI=1S/C13H19N3O.C13H21N3/c1-15-6-8-16(9-7-15)13(17)10-11-2-4-12(14)5-3-11;1-15-8-10-16(11-9-15)7-6-12-2-4-13(14)5-3-12/h2-5H,6-10,14H2,1H3;2-5H,6-11,14H2,1H3. The molecule has 2 aliphatic heterocycles. The number of carbonyl (C=O) groups is 1. The van der Waals surface area contributed by atoms with Crippen molar-refractivity contribution in [3.8, 4) is 0 Å². The predicted octanol–water partition coefficient (Wildman–Crippen LogP) is 1.64. The van der Waals surface area contributed by atoms with E-state index in [0.29, 0.717) is 6.42 Å². The molecule has 2 fully saturated rings. The first kappa shape index (κ1) is 25.0. The first-order chi connectivity index (χ1) is 15.9. The zero-order chi connectivity index (χ0) is 23.6. The van der Waals surface area contributed by atoms with Gasteiger partial charge in [0.2, 0.25) is 5.91 Å². The Balaban J connectivity index is 0.000000186. The summed E-state index contributed by atoms with van der Waals surface area (Å²) < 4.78 is 0. The second kappa shape index (κ2) is 12.6. The highest BCUT2D eigenvalue weighted by Gasteiger charge is 2.18. The van der Waals surface area contributed by atoms with Crippen LogP contribution in [-0.2, 0) is 17.6 Å². The van der Waals surface area contributed by atoms with Crippen LogP contribution in [0.1, 0.15) is 11.1 Å². The van der Waals surface area contributed by atoms with E-state index >= 15 is 0 Å². The van der Waals surface area contributed by atoms with Crippen LogP contribution in [0.5, 0.6) is 0 Å². The lowest BCUT2D eigenvalue weighted by Gasteiger charge is -2.32. The molecule has 0 aliphatic carbocycles. The van der Waals surface area contributed by atoms with Gasteiger partial charge in [0.25, 0.3) is 0 Å². The number of hydrogen-bond donors (Lipinski definition) is 2. The van der Waals surface area contributed by atoms with Gasteiger partial charge in [-0.3, -0.25) is 4.79 Å². The number of rotatable bonds is 5. The molecule has 0 radical (unpaired) electrons. The number of nitrogen functional groups attached to an aromatic ring is 2. The Morgan fingerprint density at radius 2 is 1.15 bits per heavy atom. The molecule has 180 valence electrons. The Bertz CT molecular complexity index is 838. The topological polar surface area (TPSA) is 82.1 Å². The molecule has 7 nitrogen and oxygen atoms in total. The molecule has 2 saturated heterocycles. The van der Waals surface area contributed by atoms with Gasteiger partial charge >= 0.3 is 0 Å². The molecule has 0 saturated carbocycles. The minimum absolute atomic E-state index is 0.211. The Morgan fingerprint density at radius 3 is 1.67 bits per heavy atom. The number of nitrogens with zero attached hydrogens (tertiary/aromatic N) is 4. The molecule has 2 heterocycles. The number of benzene rings is 2. The van der Waals surface area contributed by atoms with Gasteiger partial charge in [0.1, 0.15) is 0 Å². The summed E-state index contributed by atoms with van der Waals surface area (Å²) in [6.07, 6.45) is 1.61. The maximum atomic E-state index is 12.0. The fourth-order valence-electron chi connectivity index (χ4n) is 4.02. The number of piperazine rings is 2. The Labute approximate surface area is 198 Å². The molecule has 7 heteroatoms. The lowest BCUT2D eigenvalue weighted by molar-refractivity contribution is -0.132. The summed E-state index contributed by atoms with van der Waals surface area (Å²) in [6.45, 7) is 9.56. The number of carbonyl (C=O) groups excluding carboxylic acids is 1. The maximum Gasteiger partial charge on any atom is 0.227 e. The van der Waals surface area contributed by atoms with Gasteiger partial charge in [0, 0.05) is 70.3 Å². The maximum absolute atomic E-state index is 12.0. The van der Waals surface area contributed by atoms with Crippen LogP contribution in [0, 0.1) is 0 Å². The van der Waals surface area contributed by atoms with Gasteiger partial charge in [0.15, 0.2) is 0 Å². The van der Waals surface area contributed by atoms with Crippen molar-refractivity contribution in [3.63, 3.8) is 0 Å². The van der Waals surface area contributed by atoms with E-state index < -0.39 is 0 Å². The second-order valence-electron chi connectivity index (χ2n) is 9.24. The summed E-state index contributed by atoms with van der Waals surface area (Å²) in [6, 6.07) is 15.8. The third kappa shape index (κ3) is 8.68. The molecule has 1 amide bonds. The first-order valence-corrected chi connectivity index (χ1v) is 11.9. The van der Waals surface area contributed by atoms with E-state index in [0.717, 1.165) is 56.1 Å². The molecular formula is C26H40N6O. The van der Waals surface area contributed by atoms with Crippen LogP contribution < -0.4 is 11.5 Å². The van der Waals surface area contributed by atoms with Crippen LogP contribution in [0.3, 0.4) is 0 Å². The highest BCUT2D eigenvalue weighted by atomic mass is 16.2. The number of anilines is 2. The molecule has 0 unspecified atom stereocenters. The van der Waals surface area contributed by atoms with Crippen LogP contribution >= 0.6 is 0 Å². The molecule has 0 spiro atoms. The molecule has 33 heavy (non-hydrogen) atoms. The van der Waals surface area contributed by atoms with Crippen molar-refractivity contribution in [2.45, 2.75) is 12.8 Å². The zero-order valence-corrected chi connectivity index (χ0v) is 20.2. The fourth-order valence-corrected chi connectivity index (χ4v) is 4.02.